The van der Waals surface area contributed by atoms with Crippen LogP contribution in [0.4, 0.5) is 18.0 Å². The van der Waals surface area contributed by atoms with Crippen molar-refractivity contribution in [3.8, 4) is 0 Å². The van der Waals surface area contributed by atoms with Gasteiger partial charge < -0.3 is 10.1 Å². The molecule has 0 saturated heterocycles. The van der Waals surface area contributed by atoms with Crippen LogP contribution in [0.1, 0.15) is 5.56 Å². The Morgan fingerprint density at radius 3 is 2.53 bits per heavy atom. The third kappa shape index (κ3) is 7.61. The van der Waals surface area contributed by atoms with Gasteiger partial charge in [-0.25, -0.2) is 4.79 Å². The molecule has 0 heterocycles. The average Bonchev–Trinajstić information content (AvgIpc) is 2.33. The first kappa shape index (κ1) is 15.7. The molecule has 1 rings (SSSR count). The summed E-state index contributed by atoms with van der Waals surface area (Å²) in [6, 6.07) is 7.82. The molecule has 3 nitrogen and oxygen atoms in total. The van der Waals surface area contributed by atoms with Gasteiger partial charge in [-0.2, -0.15) is 13.2 Å². The highest BCUT2D eigenvalue weighted by molar-refractivity contribution is 7.99. The van der Waals surface area contributed by atoms with Crippen molar-refractivity contribution in [2.24, 2.45) is 0 Å². The molecule has 19 heavy (non-hydrogen) atoms. The van der Waals surface area contributed by atoms with Gasteiger partial charge in [0.15, 0.2) is 6.61 Å². The number of benzene rings is 1. The zero-order chi connectivity index (χ0) is 14.3. The number of rotatable bonds is 5. The van der Waals surface area contributed by atoms with Crippen molar-refractivity contribution in [3.63, 3.8) is 0 Å². The van der Waals surface area contributed by atoms with Crippen LogP contribution in [0.5, 0.6) is 0 Å². The third-order valence-corrected chi connectivity index (χ3v) is 3.04. The molecule has 0 aliphatic carbocycles. The van der Waals surface area contributed by atoms with Gasteiger partial charge in [-0.1, -0.05) is 17.7 Å². The Labute approximate surface area is 113 Å². The first-order valence-corrected chi connectivity index (χ1v) is 6.52. The maximum Gasteiger partial charge on any atom is 0.422 e. The van der Waals surface area contributed by atoms with Crippen molar-refractivity contribution in [2.75, 3.05) is 18.9 Å². The second-order valence-corrected chi connectivity index (χ2v) is 4.95. The second-order valence-electron chi connectivity index (χ2n) is 3.78. The molecular weight excluding hydrogens is 279 g/mol. The molecule has 0 aliphatic rings. The van der Waals surface area contributed by atoms with Crippen LogP contribution in [-0.4, -0.2) is 31.2 Å². The van der Waals surface area contributed by atoms with Gasteiger partial charge in [0.1, 0.15) is 0 Å². The van der Waals surface area contributed by atoms with E-state index >= 15 is 0 Å². The van der Waals surface area contributed by atoms with Crippen molar-refractivity contribution >= 4 is 17.9 Å². The molecule has 0 fully saturated rings. The Bertz CT molecular complexity index is 406. The normalized spacial score (nSPS) is 11.2. The Morgan fingerprint density at radius 2 is 1.95 bits per heavy atom. The molecule has 0 aromatic heterocycles. The van der Waals surface area contributed by atoms with Crippen LogP contribution in [0.15, 0.2) is 29.2 Å². The van der Waals surface area contributed by atoms with E-state index in [1.807, 2.05) is 31.2 Å². The lowest BCUT2D eigenvalue weighted by Crippen LogP contribution is -2.30. The topological polar surface area (TPSA) is 38.3 Å². The SMILES string of the molecule is Cc1ccc(SCCNC(=O)OCC(F)(F)F)cc1. The fourth-order valence-electron chi connectivity index (χ4n) is 1.15. The monoisotopic (exact) mass is 293 g/mol. The highest BCUT2D eigenvalue weighted by Gasteiger charge is 2.29. The minimum Gasteiger partial charge on any atom is -0.440 e. The summed E-state index contributed by atoms with van der Waals surface area (Å²) >= 11 is 1.50. The van der Waals surface area contributed by atoms with Crippen LogP contribution in [0.25, 0.3) is 0 Å². The summed E-state index contributed by atoms with van der Waals surface area (Å²) in [6.45, 7) is 0.659. The standard InChI is InChI=1S/C12H14F3NO2S/c1-9-2-4-10(5-3-9)19-7-6-16-11(17)18-8-12(13,14)15/h2-5H,6-8H2,1H3,(H,16,17). The van der Waals surface area contributed by atoms with Crippen LogP contribution in [0, 0.1) is 6.92 Å². The highest BCUT2D eigenvalue weighted by atomic mass is 32.2. The highest BCUT2D eigenvalue weighted by Crippen LogP contribution is 2.17. The number of thioether (sulfide) groups is 1. The smallest absolute Gasteiger partial charge is 0.422 e. The first-order chi connectivity index (χ1) is 8.87. The fraction of sp³-hybridized carbons (Fsp3) is 0.417. The van der Waals surface area contributed by atoms with E-state index in [1.54, 1.807) is 0 Å². The first-order valence-electron chi connectivity index (χ1n) is 5.54. The molecule has 1 N–H and O–H groups in total. The number of halogens is 3. The Kier molecular flexibility index (Phi) is 6.01. The predicted molar refractivity (Wildman–Crippen MR) is 67.3 cm³/mol. The van der Waals surface area contributed by atoms with Gasteiger partial charge in [0.25, 0.3) is 0 Å². The summed E-state index contributed by atoms with van der Waals surface area (Å²) in [5.41, 5.74) is 1.15. The van der Waals surface area contributed by atoms with Crippen LogP contribution >= 0.6 is 11.8 Å². The summed E-state index contributed by atoms with van der Waals surface area (Å²) in [7, 11) is 0. The maximum atomic E-state index is 11.7. The summed E-state index contributed by atoms with van der Waals surface area (Å²) < 4.78 is 39.2. The average molecular weight is 293 g/mol. The molecule has 1 aromatic carbocycles. The lowest BCUT2D eigenvalue weighted by Gasteiger charge is -2.09. The molecule has 106 valence electrons. The quantitative estimate of drug-likeness (QED) is 0.668. The third-order valence-electron chi connectivity index (χ3n) is 2.03. The Morgan fingerprint density at radius 1 is 1.32 bits per heavy atom. The van der Waals surface area contributed by atoms with Crippen LogP contribution < -0.4 is 5.32 Å². The number of aryl methyl sites for hydroxylation is 1. The number of nitrogens with one attached hydrogen (secondary N) is 1. The zero-order valence-corrected chi connectivity index (χ0v) is 11.1. The molecule has 0 radical (unpaired) electrons. The number of hydrogen-bond acceptors (Lipinski definition) is 3. The zero-order valence-electron chi connectivity index (χ0n) is 10.3. The van der Waals surface area contributed by atoms with E-state index in [0.29, 0.717) is 5.75 Å². The summed E-state index contributed by atoms with van der Waals surface area (Å²) in [4.78, 5) is 11.9. The fourth-order valence-corrected chi connectivity index (χ4v) is 1.92. The minimum absolute atomic E-state index is 0.245. The summed E-state index contributed by atoms with van der Waals surface area (Å²) in [5.74, 6) is 0.560. The lowest BCUT2D eigenvalue weighted by atomic mass is 10.2. The van der Waals surface area contributed by atoms with Gasteiger partial charge in [-0.05, 0) is 19.1 Å². The van der Waals surface area contributed by atoms with Crippen LogP contribution in [0.3, 0.4) is 0 Å². The predicted octanol–water partition coefficient (Wildman–Crippen LogP) is 3.38. The van der Waals surface area contributed by atoms with E-state index in [9.17, 15) is 18.0 Å². The van der Waals surface area contributed by atoms with E-state index in [2.05, 4.69) is 10.1 Å². The van der Waals surface area contributed by atoms with Gasteiger partial charge in [0.2, 0.25) is 0 Å². The molecule has 0 saturated carbocycles. The Balaban J connectivity index is 2.13. The summed E-state index contributed by atoms with van der Waals surface area (Å²) in [5, 5.41) is 2.25. The van der Waals surface area contributed by atoms with Gasteiger partial charge in [0, 0.05) is 17.2 Å². The number of carbonyl (C=O) groups excluding carboxylic acids is 1. The van der Waals surface area contributed by atoms with Crippen molar-refractivity contribution in [3.05, 3.63) is 29.8 Å². The Hall–Kier alpha value is -1.37. The molecule has 0 atom stereocenters. The molecule has 0 spiro atoms. The van der Waals surface area contributed by atoms with E-state index in [4.69, 9.17) is 0 Å². The number of ether oxygens (including phenoxy) is 1. The van der Waals surface area contributed by atoms with Crippen LogP contribution in [-0.2, 0) is 4.74 Å². The minimum atomic E-state index is -4.49. The molecule has 1 amide bonds. The van der Waals surface area contributed by atoms with Crippen molar-refractivity contribution in [1.29, 1.82) is 0 Å². The molecule has 0 unspecified atom stereocenters. The number of amides is 1. The van der Waals surface area contributed by atoms with E-state index in [0.717, 1.165) is 10.5 Å². The lowest BCUT2D eigenvalue weighted by molar-refractivity contribution is -0.160. The number of carbonyl (C=O) groups is 1. The van der Waals surface area contributed by atoms with E-state index in [1.165, 1.54) is 11.8 Å². The van der Waals surface area contributed by atoms with Gasteiger partial charge in [-0.3, -0.25) is 0 Å². The number of hydrogen-bond donors (Lipinski definition) is 1. The molecule has 7 heteroatoms. The van der Waals surface area contributed by atoms with Crippen molar-refractivity contribution in [2.45, 2.75) is 18.0 Å². The molecule has 1 aromatic rings. The molecular formula is C12H14F3NO2S. The van der Waals surface area contributed by atoms with Gasteiger partial charge >= 0.3 is 12.3 Å². The number of alkyl halides is 3. The van der Waals surface area contributed by atoms with E-state index < -0.39 is 18.9 Å². The van der Waals surface area contributed by atoms with Gasteiger partial charge in [0.05, 0.1) is 0 Å². The second kappa shape index (κ2) is 7.28. The van der Waals surface area contributed by atoms with Crippen molar-refractivity contribution in [1.82, 2.24) is 5.32 Å². The summed E-state index contributed by atoms with van der Waals surface area (Å²) in [6.07, 6.45) is -5.55. The maximum absolute atomic E-state index is 11.7. The molecule has 0 aliphatic heterocycles. The largest absolute Gasteiger partial charge is 0.440 e. The van der Waals surface area contributed by atoms with Crippen LogP contribution in [0.2, 0.25) is 0 Å². The van der Waals surface area contributed by atoms with Crippen molar-refractivity contribution < 1.29 is 22.7 Å². The van der Waals surface area contributed by atoms with E-state index in [-0.39, 0.29) is 6.54 Å². The van der Waals surface area contributed by atoms with Gasteiger partial charge in [-0.15, -0.1) is 11.8 Å². The number of alkyl carbamates (subject to hydrolysis) is 1. The molecule has 0 bridgehead atoms.